The van der Waals surface area contributed by atoms with Crippen LogP contribution in [0.15, 0.2) is 22.7 Å². The van der Waals surface area contributed by atoms with Crippen molar-refractivity contribution >= 4 is 43.9 Å². The Morgan fingerprint density at radius 3 is 2.57 bits per heavy atom. The van der Waals surface area contributed by atoms with E-state index in [9.17, 15) is 9.59 Å². The summed E-state index contributed by atoms with van der Waals surface area (Å²) >= 11 is 6.46. The normalized spacial score (nSPS) is 12.2. The molecule has 0 aromatic heterocycles. The van der Waals surface area contributed by atoms with Crippen LogP contribution in [0.3, 0.4) is 0 Å². The summed E-state index contributed by atoms with van der Waals surface area (Å²) < 4.78 is 0.651. The van der Waals surface area contributed by atoms with Crippen LogP contribution in [0.2, 0.25) is 0 Å². The zero-order valence-corrected chi connectivity index (χ0v) is 10.6. The highest BCUT2D eigenvalue weighted by atomic mass is 79.9. The third-order valence-electron chi connectivity index (χ3n) is 1.76. The molecule has 2 nitrogen and oxygen atoms in total. The first kappa shape index (κ1) is 11.6. The molecule has 1 rings (SSSR count). The number of aldehydes is 1. The number of halogens is 2. The average Bonchev–Trinajstić information content (AvgIpc) is 2.16. The molecule has 0 aliphatic rings. The fourth-order valence-corrected chi connectivity index (χ4v) is 1.86. The van der Waals surface area contributed by atoms with Gasteiger partial charge in [0.2, 0.25) is 0 Å². The van der Waals surface area contributed by atoms with Crippen LogP contribution in [0.1, 0.15) is 27.6 Å². The molecule has 0 saturated heterocycles. The molecule has 0 radical (unpaired) electrons. The minimum Gasteiger partial charge on any atom is -0.298 e. The molecule has 1 atom stereocenters. The van der Waals surface area contributed by atoms with Gasteiger partial charge in [-0.2, -0.15) is 0 Å². The van der Waals surface area contributed by atoms with Gasteiger partial charge in [-0.15, -0.1) is 0 Å². The van der Waals surface area contributed by atoms with Crippen LogP contribution in [-0.4, -0.2) is 16.9 Å². The number of Topliss-reactive ketones (excluding diaryl/α,β-unsaturated/α-hetero) is 1. The van der Waals surface area contributed by atoms with Gasteiger partial charge in [0.25, 0.3) is 0 Å². The molecular weight excluding hydrogens is 312 g/mol. The second-order valence-electron chi connectivity index (χ2n) is 2.84. The van der Waals surface area contributed by atoms with Gasteiger partial charge < -0.3 is 0 Å². The number of carbonyl (C=O) groups excluding carboxylic acids is 2. The van der Waals surface area contributed by atoms with Gasteiger partial charge in [-0.05, 0) is 19.1 Å². The van der Waals surface area contributed by atoms with Gasteiger partial charge >= 0.3 is 0 Å². The van der Waals surface area contributed by atoms with Crippen LogP contribution in [0.5, 0.6) is 0 Å². The van der Waals surface area contributed by atoms with E-state index in [1.165, 1.54) is 0 Å². The fourth-order valence-electron chi connectivity index (χ4n) is 1.02. The lowest BCUT2D eigenvalue weighted by atomic mass is 10.1. The van der Waals surface area contributed by atoms with Gasteiger partial charge in [-0.25, -0.2) is 0 Å². The van der Waals surface area contributed by atoms with Crippen LogP contribution in [-0.2, 0) is 0 Å². The largest absolute Gasteiger partial charge is 0.298 e. The zero-order valence-electron chi connectivity index (χ0n) is 7.46. The van der Waals surface area contributed by atoms with E-state index in [0.717, 1.165) is 6.29 Å². The second kappa shape index (κ2) is 4.84. The van der Waals surface area contributed by atoms with Crippen molar-refractivity contribution in [2.24, 2.45) is 0 Å². The van der Waals surface area contributed by atoms with E-state index in [0.29, 0.717) is 15.6 Å². The fraction of sp³-hybridized carbons (Fsp3) is 0.200. The molecule has 0 N–H and O–H groups in total. The topological polar surface area (TPSA) is 34.1 Å². The molecule has 14 heavy (non-hydrogen) atoms. The molecule has 0 amide bonds. The van der Waals surface area contributed by atoms with Crippen molar-refractivity contribution in [3.63, 3.8) is 0 Å². The molecule has 0 heterocycles. The third-order valence-corrected chi connectivity index (χ3v) is 2.83. The highest BCUT2D eigenvalue weighted by molar-refractivity contribution is 9.10. The van der Waals surface area contributed by atoms with Crippen molar-refractivity contribution < 1.29 is 9.59 Å². The lowest BCUT2D eigenvalue weighted by Crippen LogP contribution is -2.10. The Morgan fingerprint density at radius 2 is 2.14 bits per heavy atom. The Hall–Kier alpha value is -0.480. The lowest BCUT2D eigenvalue weighted by molar-refractivity contribution is 0.0994. The molecule has 0 aliphatic carbocycles. The Labute approximate surface area is 98.9 Å². The number of benzene rings is 1. The molecule has 74 valence electrons. The first-order chi connectivity index (χ1) is 6.56. The predicted molar refractivity (Wildman–Crippen MR) is 62.2 cm³/mol. The Morgan fingerprint density at radius 1 is 1.50 bits per heavy atom. The van der Waals surface area contributed by atoms with Gasteiger partial charge in [0.1, 0.15) is 6.29 Å². The monoisotopic (exact) mass is 318 g/mol. The van der Waals surface area contributed by atoms with Crippen molar-refractivity contribution in [2.45, 2.75) is 11.8 Å². The van der Waals surface area contributed by atoms with Crippen molar-refractivity contribution in [1.29, 1.82) is 0 Å². The van der Waals surface area contributed by atoms with Crippen LogP contribution < -0.4 is 0 Å². The standard InChI is InChI=1S/C10H8Br2O2/c1-6(11)10(14)8-3-2-7(5-13)4-9(8)12/h2-6H,1H3. The first-order valence-electron chi connectivity index (χ1n) is 3.99. The maximum atomic E-state index is 11.6. The molecule has 0 spiro atoms. The number of rotatable bonds is 3. The zero-order chi connectivity index (χ0) is 10.7. The molecule has 4 heteroatoms. The SMILES string of the molecule is CC(Br)C(=O)c1ccc(C=O)cc1Br. The van der Waals surface area contributed by atoms with Gasteiger partial charge in [-0.1, -0.05) is 37.9 Å². The van der Waals surface area contributed by atoms with E-state index >= 15 is 0 Å². The smallest absolute Gasteiger partial charge is 0.177 e. The van der Waals surface area contributed by atoms with E-state index in [1.54, 1.807) is 25.1 Å². The predicted octanol–water partition coefficient (Wildman–Crippen LogP) is 3.23. The lowest BCUT2D eigenvalue weighted by Gasteiger charge is -2.05. The van der Waals surface area contributed by atoms with Crippen molar-refractivity contribution in [2.75, 3.05) is 0 Å². The summed E-state index contributed by atoms with van der Waals surface area (Å²) in [6.45, 7) is 1.77. The summed E-state index contributed by atoms with van der Waals surface area (Å²) in [7, 11) is 0. The Bertz CT molecular complexity index is 372. The van der Waals surface area contributed by atoms with Crippen LogP contribution in [0.25, 0.3) is 0 Å². The molecule has 1 aromatic carbocycles. The molecule has 0 saturated carbocycles. The van der Waals surface area contributed by atoms with Crippen molar-refractivity contribution in [3.8, 4) is 0 Å². The minimum absolute atomic E-state index is 0.00526. The van der Waals surface area contributed by atoms with E-state index in [-0.39, 0.29) is 10.6 Å². The maximum Gasteiger partial charge on any atom is 0.177 e. The van der Waals surface area contributed by atoms with Crippen LogP contribution in [0.4, 0.5) is 0 Å². The number of hydrogen-bond acceptors (Lipinski definition) is 2. The minimum atomic E-state index is -0.221. The Kier molecular flexibility index (Phi) is 4.01. The maximum absolute atomic E-state index is 11.6. The number of ketones is 1. The highest BCUT2D eigenvalue weighted by Gasteiger charge is 2.14. The van der Waals surface area contributed by atoms with Gasteiger partial charge in [0, 0.05) is 15.6 Å². The molecule has 0 bridgehead atoms. The van der Waals surface area contributed by atoms with E-state index in [2.05, 4.69) is 31.9 Å². The summed E-state index contributed by atoms with van der Waals surface area (Å²) in [5.41, 5.74) is 1.13. The van der Waals surface area contributed by atoms with Gasteiger partial charge in [0.05, 0.1) is 4.83 Å². The summed E-state index contributed by atoms with van der Waals surface area (Å²) in [4.78, 5) is 21.8. The summed E-state index contributed by atoms with van der Waals surface area (Å²) in [6.07, 6.45) is 0.747. The molecule has 1 unspecified atom stereocenters. The van der Waals surface area contributed by atoms with Crippen molar-refractivity contribution in [3.05, 3.63) is 33.8 Å². The van der Waals surface area contributed by atoms with Crippen LogP contribution >= 0.6 is 31.9 Å². The molecule has 1 aromatic rings. The highest BCUT2D eigenvalue weighted by Crippen LogP contribution is 2.21. The van der Waals surface area contributed by atoms with E-state index in [1.807, 2.05) is 0 Å². The quantitative estimate of drug-likeness (QED) is 0.487. The summed E-state index contributed by atoms with van der Waals surface area (Å²) in [5.74, 6) is -0.00526. The average molecular weight is 320 g/mol. The van der Waals surface area contributed by atoms with Crippen LogP contribution in [0, 0.1) is 0 Å². The molecular formula is C10H8Br2O2. The molecule has 0 aliphatic heterocycles. The van der Waals surface area contributed by atoms with E-state index in [4.69, 9.17) is 0 Å². The summed E-state index contributed by atoms with van der Waals surface area (Å²) in [5, 5.41) is 0. The van der Waals surface area contributed by atoms with Gasteiger partial charge in [0.15, 0.2) is 5.78 Å². The van der Waals surface area contributed by atoms with Crippen molar-refractivity contribution in [1.82, 2.24) is 0 Å². The number of hydrogen-bond donors (Lipinski definition) is 0. The summed E-state index contributed by atoms with van der Waals surface area (Å²) in [6, 6.07) is 4.91. The molecule has 0 fully saturated rings. The third kappa shape index (κ3) is 2.51. The number of carbonyl (C=O) groups is 2. The second-order valence-corrected chi connectivity index (χ2v) is 5.07. The van der Waals surface area contributed by atoms with E-state index < -0.39 is 0 Å². The van der Waals surface area contributed by atoms with Gasteiger partial charge in [-0.3, -0.25) is 9.59 Å². The first-order valence-corrected chi connectivity index (χ1v) is 5.70. The number of alkyl halides is 1. The Balaban J connectivity index is 3.12.